The summed E-state index contributed by atoms with van der Waals surface area (Å²) in [5, 5.41) is 0. The predicted molar refractivity (Wildman–Crippen MR) is 39.1 cm³/mol. The monoisotopic (exact) mass is 131 g/mol. The van der Waals surface area contributed by atoms with Crippen LogP contribution >= 0.6 is 11.8 Å². The van der Waals surface area contributed by atoms with E-state index in [1.165, 1.54) is 24.3 Å². The molecule has 0 spiro atoms. The molecular weight excluding hydrogens is 118 g/mol. The molecule has 48 valence electrons. The van der Waals surface area contributed by atoms with Crippen molar-refractivity contribution in [2.45, 2.75) is 12.8 Å². The molecule has 0 bridgehead atoms. The fraction of sp³-hybridized carbons (Fsp3) is 1.00. The zero-order valence-corrected chi connectivity index (χ0v) is 5.91. The highest BCUT2D eigenvalue weighted by atomic mass is 32.2. The van der Waals surface area contributed by atoms with Crippen LogP contribution in [0, 0.1) is 5.92 Å². The third-order valence-electron chi connectivity index (χ3n) is 1.60. The van der Waals surface area contributed by atoms with E-state index in [9.17, 15) is 0 Å². The topological polar surface area (TPSA) is 26.0 Å². The normalized spacial score (nSPS) is 28.9. The van der Waals surface area contributed by atoms with E-state index in [1.807, 2.05) is 0 Å². The summed E-state index contributed by atoms with van der Waals surface area (Å²) in [7, 11) is 0. The lowest BCUT2D eigenvalue weighted by molar-refractivity contribution is 0.555. The number of nitrogens with two attached hydrogens (primary N) is 1. The Morgan fingerprint density at radius 2 is 2.50 bits per heavy atom. The fourth-order valence-electron chi connectivity index (χ4n) is 1.05. The van der Waals surface area contributed by atoms with Crippen LogP contribution in [0.2, 0.25) is 0 Å². The summed E-state index contributed by atoms with van der Waals surface area (Å²) in [5.74, 6) is 3.67. The minimum absolute atomic E-state index is 0.880. The Balaban J connectivity index is 2.06. The SMILES string of the molecule is NCC[C@@H]1CCSC1. The smallest absolute Gasteiger partial charge is 0.00384 e. The summed E-state index contributed by atoms with van der Waals surface area (Å²) in [6.07, 6.45) is 2.65. The molecule has 8 heavy (non-hydrogen) atoms. The molecule has 0 radical (unpaired) electrons. The van der Waals surface area contributed by atoms with Crippen molar-refractivity contribution < 1.29 is 0 Å². The molecular formula is C6H13NS. The van der Waals surface area contributed by atoms with Gasteiger partial charge in [-0.25, -0.2) is 0 Å². The number of hydrogen-bond donors (Lipinski definition) is 1. The summed E-state index contributed by atoms with van der Waals surface area (Å²) < 4.78 is 0. The molecule has 1 heterocycles. The van der Waals surface area contributed by atoms with Gasteiger partial charge in [0.05, 0.1) is 0 Å². The predicted octanol–water partition coefficient (Wildman–Crippen LogP) is 1.09. The Hall–Kier alpha value is 0.310. The van der Waals surface area contributed by atoms with Gasteiger partial charge < -0.3 is 5.73 Å². The van der Waals surface area contributed by atoms with Crippen molar-refractivity contribution in [3.8, 4) is 0 Å². The Morgan fingerprint density at radius 3 is 3.00 bits per heavy atom. The molecule has 0 aliphatic carbocycles. The zero-order chi connectivity index (χ0) is 5.82. The highest BCUT2D eigenvalue weighted by molar-refractivity contribution is 7.99. The largest absolute Gasteiger partial charge is 0.330 e. The van der Waals surface area contributed by atoms with Gasteiger partial charge in [-0.15, -0.1) is 0 Å². The third-order valence-corrected chi connectivity index (χ3v) is 2.83. The Labute approximate surface area is 55.0 Å². The molecule has 0 saturated carbocycles. The first-order chi connectivity index (χ1) is 3.93. The minimum atomic E-state index is 0.880. The van der Waals surface area contributed by atoms with Gasteiger partial charge in [0.2, 0.25) is 0 Å². The van der Waals surface area contributed by atoms with Crippen LogP contribution in [0.4, 0.5) is 0 Å². The van der Waals surface area contributed by atoms with Crippen LogP contribution in [0.5, 0.6) is 0 Å². The van der Waals surface area contributed by atoms with Crippen LogP contribution in [0.1, 0.15) is 12.8 Å². The molecule has 2 N–H and O–H groups in total. The number of rotatable bonds is 2. The lowest BCUT2D eigenvalue weighted by Gasteiger charge is -2.02. The van der Waals surface area contributed by atoms with Gasteiger partial charge in [0, 0.05) is 0 Å². The molecule has 1 fully saturated rings. The third kappa shape index (κ3) is 1.67. The maximum Gasteiger partial charge on any atom is -0.00384 e. The van der Waals surface area contributed by atoms with Gasteiger partial charge in [0.1, 0.15) is 0 Å². The van der Waals surface area contributed by atoms with Crippen molar-refractivity contribution in [3.05, 3.63) is 0 Å². The summed E-state index contributed by atoms with van der Waals surface area (Å²) >= 11 is 2.07. The first kappa shape index (κ1) is 6.43. The van der Waals surface area contributed by atoms with Crippen molar-refractivity contribution in [3.63, 3.8) is 0 Å². The summed E-state index contributed by atoms with van der Waals surface area (Å²) in [6.45, 7) is 0.880. The summed E-state index contributed by atoms with van der Waals surface area (Å²) in [5.41, 5.74) is 5.40. The van der Waals surface area contributed by atoms with Crippen molar-refractivity contribution in [1.29, 1.82) is 0 Å². The first-order valence-electron chi connectivity index (χ1n) is 3.21. The first-order valence-corrected chi connectivity index (χ1v) is 4.37. The quantitative estimate of drug-likeness (QED) is 0.607. The van der Waals surface area contributed by atoms with E-state index in [0.717, 1.165) is 12.5 Å². The van der Waals surface area contributed by atoms with Gasteiger partial charge >= 0.3 is 0 Å². The molecule has 0 aromatic heterocycles. The van der Waals surface area contributed by atoms with Crippen LogP contribution in [-0.2, 0) is 0 Å². The van der Waals surface area contributed by atoms with Crippen LogP contribution in [0.15, 0.2) is 0 Å². The lowest BCUT2D eigenvalue weighted by Crippen LogP contribution is -2.07. The average Bonchev–Trinajstić information content (AvgIpc) is 2.19. The molecule has 0 unspecified atom stereocenters. The van der Waals surface area contributed by atoms with E-state index >= 15 is 0 Å². The van der Waals surface area contributed by atoms with Crippen LogP contribution in [0.3, 0.4) is 0 Å². The van der Waals surface area contributed by atoms with E-state index in [4.69, 9.17) is 5.73 Å². The molecule has 1 aliphatic rings. The Bertz CT molecular complexity index is 59.5. The minimum Gasteiger partial charge on any atom is -0.330 e. The van der Waals surface area contributed by atoms with Crippen LogP contribution in [0.25, 0.3) is 0 Å². The van der Waals surface area contributed by atoms with Crippen molar-refractivity contribution in [2.75, 3.05) is 18.1 Å². The lowest BCUT2D eigenvalue weighted by atomic mass is 10.1. The van der Waals surface area contributed by atoms with Crippen LogP contribution < -0.4 is 5.73 Å². The summed E-state index contributed by atoms with van der Waals surface area (Å²) in [6, 6.07) is 0. The molecule has 1 atom stereocenters. The molecule has 0 aromatic rings. The van der Waals surface area contributed by atoms with Crippen molar-refractivity contribution in [2.24, 2.45) is 11.7 Å². The van der Waals surface area contributed by atoms with Gasteiger partial charge in [0.15, 0.2) is 0 Å². The van der Waals surface area contributed by atoms with Gasteiger partial charge in [-0.2, -0.15) is 11.8 Å². The Kier molecular flexibility index (Phi) is 2.70. The maximum absolute atomic E-state index is 5.40. The van der Waals surface area contributed by atoms with E-state index < -0.39 is 0 Å². The average molecular weight is 131 g/mol. The highest BCUT2D eigenvalue weighted by Gasteiger charge is 2.13. The standard InChI is InChI=1S/C6H13NS/c7-3-1-6-2-4-8-5-6/h6H,1-5,7H2/t6-/m1/s1. The Morgan fingerprint density at radius 1 is 1.62 bits per heavy atom. The zero-order valence-electron chi connectivity index (χ0n) is 5.10. The van der Waals surface area contributed by atoms with Crippen LogP contribution in [-0.4, -0.2) is 18.1 Å². The second kappa shape index (κ2) is 3.36. The molecule has 1 aliphatic heterocycles. The molecule has 1 saturated heterocycles. The van der Waals surface area contributed by atoms with Gasteiger partial charge in [0.25, 0.3) is 0 Å². The molecule has 2 heteroatoms. The highest BCUT2D eigenvalue weighted by Crippen LogP contribution is 2.25. The fourth-order valence-corrected chi connectivity index (χ4v) is 2.38. The molecule has 0 aromatic carbocycles. The molecule has 1 rings (SSSR count). The number of hydrogen-bond acceptors (Lipinski definition) is 2. The van der Waals surface area contributed by atoms with E-state index in [2.05, 4.69) is 11.8 Å². The van der Waals surface area contributed by atoms with Gasteiger partial charge in [-0.1, -0.05) is 0 Å². The molecule has 0 amide bonds. The second-order valence-corrected chi connectivity index (χ2v) is 3.46. The van der Waals surface area contributed by atoms with E-state index in [-0.39, 0.29) is 0 Å². The van der Waals surface area contributed by atoms with Gasteiger partial charge in [-0.3, -0.25) is 0 Å². The molecule has 1 nitrogen and oxygen atoms in total. The number of thioether (sulfide) groups is 1. The van der Waals surface area contributed by atoms with E-state index in [1.54, 1.807) is 0 Å². The summed E-state index contributed by atoms with van der Waals surface area (Å²) in [4.78, 5) is 0. The second-order valence-electron chi connectivity index (χ2n) is 2.31. The van der Waals surface area contributed by atoms with Crippen molar-refractivity contribution in [1.82, 2.24) is 0 Å². The maximum atomic E-state index is 5.40. The van der Waals surface area contributed by atoms with Gasteiger partial charge in [-0.05, 0) is 36.8 Å². The van der Waals surface area contributed by atoms with Crippen molar-refractivity contribution >= 4 is 11.8 Å². The van der Waals surface area contributed by atoms with E-state index in [0.29, 0.717) is 0 Å².